The predicted molar refractivity (Wildman–Crippen MR) is 43.5 cm³/mol. The molecule has 0 radical (unpaired) electrons. The lowest BCUT2D eigenvalue weighted by atomic mass is 10.5. The molecule has 66 valence electrons. The Morgan fingerprint density at radius 1 is 1.42 bits per heavy atom. The Bertz CT molecular complexity index is 288. The van der Waals surface area contributed by atoms with Crippen molar-refractivity contribution in [2.24, 2.45) is 0 Å². The van der Waals surface area contributed by atoms with Gasteiger partial charge in [-0.1, -0.05) is 6.07 Å². The van der Waals surface area contributed by atoms with Crippen LogP contribution in [0.2, 0.25) is 0 Å². The number of hydrogen-bond donors (Lipinski definition) is 1. The fourth-order valence-corrected chi connectivity index (χ4v) is 1.75. The summed E-state index contributed by atoms with van der Waals surface area (Å²) in [5.41, 5.74) is 0. The van der Waals surface area contributed by atoms with Crippen molar-refractivity contribution in [2.75, 3.05) is 6.61 Å². The zero-order valence-electron chi connectivity index (χ0n) is 6.75. The largest absolute Gasteiger partial charge is 0.610 e. The summed E-state index contributed by atoms with van der Waals surface area (Å²) in [6, 6.07) is 5.10. The van der Waals surface area contributed by atoms with Gasteiger partial charge in [-0.3, -0.25) is 9.42 Å². The van der Waals surface area contributed by atoms with E-state index in [9.17, 15) is 9.46 Å². The standard InChI is InChI=1S/C7H10NO3P/c1-2-11-12(9,10)8-6-4-3-5-7-8/h3-7H,2H2,1H3/p+1. The molecule has 0 amide bonds. The highest BCUT2D eigenvalue weighted by Crippen LogP contribution is 2.34. The normalized spacial score (nSPS) is 15.5. The highest BCUT2D eigenvalue weighted by molar-refractivity contribution is 7.45. The Labute approximate surface area is 71.0 Å². The first kappa shape index (κ1) is 9.39. The van der Waals surface area contributed by atoms with Crippen molar-refractivity contribution in [3.8, 4) is 0 Å². The second-order valence-corrected chi connectivity index (χ2v) is 3.87. The Morgan fingerprint density at radius 2 is 2.00 bits per heavy atom. The number of rotatable bonds is 3. The molecule has 5 heteroatoms. The van der Waals surface area contributed by atoms with Crippen LogP contribution in [0.3, 0.4) is 0 Å². The fourth-order valence-electron chi connectivity index (χ4n) is 0.793. The van der Waals surface area contributed by atoms with E-state index in [1.165, 1.54) is 12.4 Å². The van der Waals surface area contributed by atoms with Gasteiger partial charge in [0.05, 0.1) is 6.61 Å². The van der Waals surface area contributed by atoms with Crippen LogP contribution in [0.1, 0.15) is 6.92 Å². The highest BCUT2D eigenvalue weighted by Gasteiger charge is 2.31. The number of hydrogen-bond acceptors (Lipinski definition) is 2. The van der Waals surface area contributed by atoms with E-state index >= 15 is 0 Å². The summed E-state index contributed by atoms with van der Waals surface area (Å²) in [5.74, 6) is 0. The molecule has 1 aromatic heterocycles. The molecule has 12 heavy (non-hydrogen) atoms. The third-order valence-electron chi connectivity index (χ3n) is 1.29. The van der Waals surface area contributed by atoms with Gasteiger partial charge in [0.2, 0.25) is 0 Å². The van der Waals surface area contributed by atoms with Gasteiger partial charge in [0.15, 0.2) is 12.4 Å². The predicted octanol–water partition coefficient (Wildman–Crippen LogP) is 0.959. The van der Waals surface area contributed by atoms with Gasteiger partial charge in [-0.2, -0.15) is 4.57 Å². The first-order chi connectivity index (χ1) is 5.67. The van der Waals surface area contributed by atoms with E-state index in [0.29, 0.717) is 0 Å². The number of pyridine rings is 1. The lowest BCUT2D eigenvalue weighted by Gasteiger charge is -2.02. The first-order valence-electron chi connectivity index (χ1n) is 3.61. The SMILES string of the molecule is CCOP(=O)(O)[n+]1ccccc1. The lowest BCUT2D eigenvalue weighted by molar-refractivity contribution is -0.540. The van der Waals surface area contributed by atoms with Gasteiger partial charge in [-0.05, 0) is 6.92 Å². The molecule has 0 aromatic carbocycles. The molecule has 0 aliphatic carbocycles. The maximum Gasteiger partial charge on any atom is 0.610 e. The van der Waals surface area contributed by atoms with Crippen molar-refractivity contribution >= 4 is 7.75 Å². The molecule has 0 spiro atoms. The molecular weight excluding hydrogens is 177 g/mol. The maximum atomic E-state index is 11.3. The van der Waals surface area contributed by atoms with Crippen LogP contribution < -0.4 is 4.34 Å². The number of nitrogens with zero attached hydrogens (tertiary/aromatic N) is 1. The van der Waals surface area contributed by atoms with Crippen LogP contribution >= 0.6 is 7.75 Å². The Morgan fingerprint density at radius 3 is 2.50 bits per heavy atom. The summed E-state index contributed by atoms with van der Waals surface area (Å²) in [7, 11) is -3.63. The maximum absolute atomic E-state index is 11.3. The van der Waals surface area contributed by atoms with Crippen LogP contribution in [0.25, 0.3) is 0 Å². The summed E-state index contributed by atoms with van der Waals surface area (Å²) in [6.45, 7) is 1.89. The van der Waals surface area contributed by atoms with E-state index in [1.807, 2.05) is 0 Å². The van der Waals surface area contributed by atoms with Crippen LogP contribution in [0.15, 0.2) is 30.6 Å². The molecule has 4 nitrogen and oxygen atoms in total. The third-order valence-corrected chi connectivity index (χ3v) is 2.73. The molecule has 0 aliphatic rings. The molecule has 1 atom stereocenters. The van der Waals surface area contributed by atoms with E-state index in [-0.39, 0.29) is 6.61 Å². The third kappa shape index (κ3) is 2.14. The smallest absolute Gasteiger partial charge is 0.270 e. The molecule has 1 rings (SSSR count). The Balaban J connectivity index is 2.90. The van der Waals surface area contributed by atoms with Crippen LogP contribution in [0, 0.1) is 0 Å². The number of aromatic nitrogens is 1. The van der Waals surface area contributed by atoms with Gasteiger partial charge in [-0.25, -0.2) is 0 Å². The molecule has 1 unspecified atom stereocenters. The summed E-state index contributed by atoms with van der Waals surface area (Å²) in [5, 5.41) is 0. The molecule has 1 heterocycles. The summed E-state index contributed by atoms with van der Waals surface area (Å²) in [6.07, 6.45) is 2.99. The quantitative estimate of drug-likeness (QED) is 0.718. The summed E-state index contributed by atoms with van der Waals surface area (Å²) in [4.78, 5) is 9.28. The van der Waals surface area contributed by atoms with Gasteiger partial charge < -0.3 is 0 Å². The average molecular weight is 188 g/mol. The summed E-state index contributed by atoms with van der Waals surface area (Å²) < 4.78 is 17.2. The molecular formula is C7H11NO3P+. The molecule has 0 aliphatic heterocycles. The zero-order valence-corrected chi connectivity index (χ0v) is 7.65. The fraction of sp³-hybridized carbons (Fsp3) is 0.286. The van der Waals surface area contributed by atoms with E-state index < -0.39 is 7.75 Å². The van der Waals surface area contributed by atoms with Crippen LogP contribution in [-0.4, -0.2) is 11.5 Å². The molecule has 1 N–H and O–H groups in total. The molecule has 0 bridgehead atoms. The van der Waals surface area contributed by atoms with Crippen molar-refractivity contribution in [2.45, 2.75) is 6.92 Å². The van der Waals surface area contributed by atoms with Crippen molar-refractivity contribution < 1.29 is 18.3 Å². The average Bonchev–Trinajstić information content (AvgIpc) is 2.06. The van der Waals surface area contributed by atoms with E-state index in [1.54, 1.807) is 25.1 Å². The minimum absolute atomic E-state index is 0.218. The zero-order chi connectivity index (χ0) is 9.03. The van der Waals surface area contributed by atoms with Crippen molar-refractivity contribution in [1.82, 2.24) is 0 Å². The summed E-state index contributed by atoms with van der Waals surface area (Å²) >= 11 is 0. The lowest BCUT2D eigenvalue weighted by Crippen LogP contribution is -2.30. The van der Waals surface area contributed by atoms with Crippen LogP contribution in [0.4, 0.5) is 0 Å². The molecule has 0 fully saturated rings. The van der Waals surface area contributed by atoms with Gasteiger partial charge in [0.1, 0.15) is 0 Å². The molecule has 1 aromatic rings. The topological polar surface area (TPSA) is 50.4 Å². The first-order valence-corrected chi connectivity index (χ1v) is 5.14. The molecule has 0 saturated heterocycles. The van der Waals surface area contributed by atoms with Gasteiger partial charge in [0, 0.05) is 12.1 Å². The Hall–Kier alpha value is -0.700. The van der Waals surface area contributed by atoms with Crippen molar-refractivity contribution in [3.63, 3.8) is 0 Å². The second-order valence-electron chi connectivity index (χ2n) is 2.16. The molecule has 0 saturated carbocycles. The van der Waals surface area contributed by atoms with Crippen molar-refractivity contribution in [1.29, 1.82) is 0 Å². The minimum atomic E-state index is -3.63. The highest BCUT2D eigenvalue weighted by atomic mass is 31.2. The minimum Gasteiger partial charge on any atom is -0.270 e. The van der Waals surface area contributed by atoms with E-state index in [4.69, 9.17) is 0 Å². The van der Waals surface area contributed by atoms with Crippen molar-refractivity contribution in [3.05, 3.63) is 30.6 Å². The van der Waals surface area contributed by atoms with Gasteiger partial charge in [0.25, 0.3) is 0 Å². The Kier molecular flexibility index (Phi) is 2.98. The van der Waals surface area contributed by atoms with Crippen LogP contribution in [0.5, 0.6) is 0 Å². The van der Waals surface area contributed by atoms with Crippen LogP contribution in [-0.2, 0) is 9.09 Å². The second kappa shape index (κ2) is 3.81. The van der Waals surface area contributed by atoms with E-state index in [0.717, 1.165) is 4.34 Å². The van der Waals surface area contributed by atoms with E-state index in [2.05, 4.69) is 4.52 Å². The monoisotopic (exact) mass is 188 g/mol. The van der Waals surface area contributed by atoms with Gasteiger partial charge >= 0.3 is 7.75 Å². The van der Waals surface area contributed by atoms with Gasteiger partial charge in [-0.15, -0.1) is 4.34 Å².